The van der Waals surface area contributed by atoms with E-state index in [9.17, 15) is 4.39 Å². The van der Waals surface area contributed by atoms with Crippen molar-refractivity contribution in [3.63, 3.8) is 0 Å². The van der Waals surface area contributed by atoms with E-state index >= 15 is 0 Å². The van der Waals surface area contributed by atoms with Crippen LogP contribution < -0.4 is 5.73 Å². The summed E-state index contributed by atoms with van der Waals surface area (Å²) < 4.78 is 13.6. The van der Waals surface area contributed by atoms with Gasteiger partial charge in [0.1, 0.15) is 5.82 Å². The minimum Gasteiger partial charge on any atom is -0.320 e. The molecule has 1 rings (SSSR count). The quantitative estimate of drug-likeness (QED) is 0.827. The maximum absolute atomic E-state index is 13.6. The smallest absolute Gasteiger partial charge is 0.124 e. The van der Waals surface area contributed by atoms with Crippen LogP contribution in [0.15, 0.2) is 18.2 Å². The van der Waals surface area contributed by atoms with Crippen molar-refractivity contribution in [2.45, 2.75) is 39.8 Å². The first kappa shape index (κ1) is 15.7. The zero-order chi connectivity index (χ0) is 14.3. The van der Waals surface area contributed by atoms with E-state index in [1.807, 2.05) is 6.07 Å². The van der Waals surface area contributed by atoms with Gasteiger partial charge in [-0.15, -0.1) is 0 Å². The largest absolute Gasteiger partial charge is 0.320 e. The first-order valence-electron chi connectivity index (χ1n) is 6.79. The van der Waals surface area contributed by atoms with Gasteiger partial charge in [-0.2, -0.15) is 0 Å². The Kier molecular flexibility index (Phi) is 6.55. The van der Waals surface area contributed by atoms with E-state index in [4.69, 9.17) is 5.73 Å². The molecule has 0 radical (unpaired) electrons. The van der Waals surface area contributed by atoms with E-state index in [0.717, 1.165) is 25.1 Å². The third kappa shape index (κ3) is 5.42. The maximum Gasteiger partial charge on any atom is 0.124 e. The molecule has 1 aromatic carbocycles. The Hall–Kier alpha value is -1.37. The second-order valence-electron chi connectivity index (χ2n) is 4.92. The Labute approximate surface area is 115 Å². The lowest BCUT2D eigenvalue weighted by atomic mass is 10.1. The number of rotatable bonds is 5. The fourth-order valence-corrected chi connectivity index (χ4v) is 2.01. The molecule has 0 amide bonds. The average Bonchev–Trinajstić information content (AvgIpc) is 2.35. The maximum atomic E-state index is 13.6. The second kappa shape index (κ2) is 7.93. The molecule has 0 bridgehead atoms. The third-order valence-electron chi connectivity index (χ3n) is 2.92. The number of hydrogen-bond donors (Lipinski definition) is 1. The first-order chi connectivity index (χ1) is 9.06. The Bertz CT molecular complexity index is 458. The second-order valence-corrected chi connectivity index (χ2v) is 4.92. The highest BCUT2D eigenvalue weighted by atomic mass is 19.1. The van der Waals surface area contributed by atoms with Gasteiger partial charge in [-0.05, 0) is 50.6 Å². The van der Waals surface area contributed by atoms with E-state index < -0.39 is 0 Å². The van der Waals surface area contributed by atoms with Crippen LogP contribution in [0.3, 0.4) is 0 Å². The summed E-state index contributed by atoms with van der Waals surface area (Å²) in [6.07, 6.45) is 1.09. The van der Waals surface area contributed by atoms with E-state index in [2.05, 4.69) is 37.5 Å². The highest BCUT2D eigenvalue weighted by Gasteiger charge is 2.10. The summed E-state index contributed by atoms with van der Waals surface area (Å²) in [6.45, 7) is 8.52. The van der Waals surface area contributed by atoms with Crippen LogP contribution in [-0.2, 0) is 6.54 Å². The molecule has 1 aromatic rings. The first-order valence-corrected chi connectivity index (χ1v) is 6.79. The van der Waals surface area contributed by atoms with Crippen molar-refractivity contribution in [3.8, 4) is 11.8 Å². The number of benzene rings is 1. The molecule has 0 heterocycles. The molecule has 0 saturated carbocycles. The molecular formula is C16H23FN2. The van der Waals surface area contributed by atoms with E-state index in [1.165, 1.54) is 6.07 Å². The van der Waals surface area contributed by atoms with Crippen molar-refractivity contribution in [2.75, 3.05) is 13.1 Å². The zero-order valence-corrected chi connectivity index (χ0v) is 12.0. The molecule has 104 valence electrons. The lowest BCUT2D eigenvalue weighted by Crippen LogP contribution is -2.31. The lowest BCUT2D eigenvalue weighted by molar-refractivity contribution is 0.213. The van der Waals surface area contributed by atoms with Crippen molar-refractivity contribution >= 4 is 0 Å². The molecule has 2 N–H and O–H groups in total. The van der Waals surface area contributed by atoms with Crippen LogP contribution in [0.25, 0.3) is 0 Å². The molecule has 3 heteroatoms. The minimum absolute atomic E-state index is 0.237. The van der Waals surface area contributed by atoms with Crippen LogP contribution in [0.5, 0.6) is 0 Å². The highest BCUT2D eigenvalue weighted by molar-refractivity contribution is 5.38. The predicted octanol–water partition coefficient (Wildman–Crippen LogP) is 2.76. The predicted molar refractivity (Wildman–Crippen MR) is 78.2 cm³/mol. The fourth-order valence-electron chi connectivity index (χ4n) is 2.01. The van der Waals surface area contributed by atoms with Gasteiger partial charge < -0.3 is 5.73 Å². The third-order valence-corrected chi connectivity index (χ3v) is 2.92. The Morgan fingerprint density at radius 2 is 2.05 bits per heavy atom. The summed E-state index contributed by atoms with van der Waals surface area (Å²) >= 11 is 0. The molecule has 0 saturated heterocycles. The fraction of sp³-hybridized carbons (Fsp3) is 0.500. The molecule has 0 aromatic heterocycles. The number of hydrogen-bond acceptors (Lipinski definition) is 2. The van der Waals surface area contributed by atoms with Gasteiger partial charge >= 0.3 is 0 Å². The van der Waals surface area contributed by atoms with E-state index in [0.29, 0.717) is 18.2 Å². The van der Waals surface area contributed by atoms with Crippen molar-refractivity contribution in [2.24, 2.45) is 5.73 Å². The van der Waals surface area contributed by atoms with Gasteiger partial charge in [-0.1, -0.05) is 18.8 Å². The molecule has 0 atom stereocenters. The van der Waals surface area contributed by atoms with Crippen LogP contribution in [0.2, 0.25) is 0 Å². The molecule has 0 aliphatic rings. The van der Waals surface area contributed by atoms with Gasteiger partial charge in [-0.25, -0.2) is 4.39 Å². The minimum atomic E-state index is -0.237. The molecular weight excluding hydrogens is 239 g/mol. The summed E-state index contributed by atoms with van der Waals surface area (Å²) in [5.74, 6) is 5.41. The summed E-state index contributed by atoms with van der Waals surface area (Å²) in [6, 6.07) is 5.42. The number of nitrogens with zero attached hydrogens (tertiary/aromatic N) is 1. The van der Waals surface area contributed by atoms with E-state index in [1.54, 1.807) is 6.07 Å². The van der Waals surface area contributed by atoms with Gasteiger partial charge in [0.15, 0.2) is 0 Å². The van der Waals surface area contributed by atoms with Crippen LogP contribution in [0.4, 0.5) is 4.39 Å². The summed E-state index contributed by atoms with van der Waals surface area (Å²) in [7, 11) is 0. The number of nitrogens with two attached hydrogens (primary N) is 1. The summed E-state index contributed by atoms with van der Waals surface area (Å²) in [4.78, 5) is 2.33. The summed E-state index contributed by atoms with van der Waals surface area (Å²) in [5.41, 5.74) is 6.99. The zero-order valence-electron chi connectivity index (χ0n) is 12.0. The van der Waals surface area contributed by atoms with Gasteiger partial charge in [0.25, 0.3) is 0 Å². The topological polar surface area (TPSA) is 29.3 Å². The summed E-state index contributed by atoms with van der Waals surface area (Å²) in [5, 5.41) is 0. The van der Waals surface area contributed by atoms with Gasteiger partial charge in [0, 0.05) is 18.2 Å². The molecule has 0 aliphatic carbocycles. The normalized spacial score (nSPS) is 10.7. The molecule has 0 fully saturated rings. The van der Waals surface area contributed by atoms with Crippen molar-refractivity contribution < 1.29 is 4.39 Å². The molecule has 0 aliphatic heterocycles. The Morgan fingerprint density at radius 3 is 2.63 bits per heavy atom. The Morgan fingerprint density at radius 1 is 1.32 bits per heavy atom. The Balaban J connectivity index is 2.90. The van der Waals surface area contributed by atoms with Gasteiger partial charge in [0.2, 0.25) is 0 Å². The highest BCUT2D eigenvalue weighted by Crippen LogP contribution is 2.13. The van der Waals surface area contributed by atoms with Crippen LogP contribution >= 0.6 is 0 Å². The lowest BCUT2D eigenvalue weighted by Gasteiger charge is -2.26. The standard InChI is InChI=1S/C16H23FN2/c1-4-8-19(13(2)3)12-15-9-14(6-5-7-18)10-16(17)11-15/h9-11,13H,4,7-8,12,18H2,1-3H3. The monoisotopic (exact) mass is 262 g/mol. The SMILES string of the molecule is CCCN(Cc1cc(F)cc(C#CCN)c1)C(C)C. The molecule has 0 unspecified atom stereocenters. The van der Waals surface area contributed by atoms with Gasteiger partial charge in [0.05, 0.1) is 6.54 Å². The van der Waals surface area contributed by atoms with Crippen LogP contribution in [0.1, 0.15) is 38.3 Å². The molecule has 0 spiro atoms. The van der Waals surface area contributed by atoms with Crippen molar-refractivity contribution in [1.29, 1.82) is 0 Å². The average molecular weight is 262 g/mol. The number of halogens is 1. The van der Waals surface area contributed by atoms with E-state index in [-0.39, 0.29) is 5.82 Å². The van der Waals surface area contributed by atoms with Crippen LogP contribution in [0, 0.1) is 17.7 Å². The van der Waals surface area contributed by atoms with Crippen LogP contribution in [-0.4, -0.2) is 24.0 Å². The van der Waals surface area contributed by atoms with Gasteiger partial charge in [-0.3, -0.25) is 4.90 Å². The van der Waals surface area contributed by atoms with Crippen molar-refractivity contribution in [3.05, 3.63) is 35.1 Å². The molecule has 2 nitrogen and oxygen atoms in total. The molecule has 19 heavy (non-hydrogen) atoms. The van der Waals surface area contributed by atoms with Crippen molar-refractivity contribution in [1.82, 2.24) is 4.90 Å².